The predicted molar refractivity (Wildman–Crippen MR) is 89.5 cm³/mol. The minimum atomic E-state index is -0.626. The summed E-state index contributed by atoms with van der Waals surface area (Å²) >= 11 is 0. The number of halogens is 3. The Balaban J connectivity index is 1.73. The van der Waals surface area contributed by atoms with Crippen LogP contribution in [0.3, 0.4) is 0 Å². The van der Waals surface area contributed by atoms with Gasteiger partial charge in [0, 0.05) is 18.0 Å². The van der Waals surface area contributed by atoms with Crippen LogP contribution in [0.1, 0.15) is 31.4 Å². The summed E-state index contributed by atoms with van der Waals surface area (Å²) in [5, 5.41) is 2.79. The number of carbonyl (C=O) groups excluding carboxylic acids is 1. The first-order valence-electron chi connectivity index (χ1n) is 8.21. The maximum absolute atomic E-state index is 14.3. The van der Waals surface area contributed by atoms with E-state index >= 15 is 0 Å². The van der Waals surface area contributed by atoms with Crippen LogP contribution in [0.5, 0.6) is 0 Å². The zero-order valence-electron chi connectivity index (χ0n) is 14.2. The van der Waals surface area contributed by atoms with Crippen molar-refractivity contribution in [3.63, 3.8) is 0 Å². The van der Waals surface area contributed by atoms with Gasteiger partial charge in [-0.15, -0.1) is 0 Å². The highest BCUT2D eigenvalue weighted by Gasteiger charge is 2.62. The van der Waals surface area contributed by atoms with E-state index in [0.717, 1.165) is 6.07 Å². The van der Waals surface area contributed by atoms with Crippen LogP contribution < -0.4 is 5.32 Å². The summed E-state index contributed by atoms with van der Waals surface area (Å²) in [6, 6.07) is 9.65. The van der Waals surface area contributed by atoms with Gasteiger partial charge in [-0.05, 0) is 35.1 Å². The van der Waals surface area contributed by atoms with Crippen LogP contribution in [0.15, 0.2) is 42.5 Å². The van der Waals surface area contributed by atoms with Crippen molar-refractivity contribution in [3.8, 4) is 0 Å². The van der Waals surface area contributed by atoms with Crippen molar-refractivity contribution >= 4 is 5.91 Å². The van der Waals surface area contributed by atoms with Crippen LogP contribution in [0.2, 0.25) is 0 Å². The molecule has 2 aromatic rings. The van der Waals surface area contributed by atoms with Gasteiger partial charge < -0.3 is 5.32 Å². The second-order valence-electron chi connectivity index (χ2n) is 7.31. The highest BCUT2D eigenvalue weighted by Crippen LogP contribution is 2.64. The Morgan fingerprint density at radius 3 is 2.36 bits per heavy atom. The van der Waals surface area contributed by atoms with E-state index in [1.54, 1.807) is 18.2 Å². The summed E-state index contributed by atoms with van der Waals surface area (Å²) in [7, 11) is 0. The van der Waals surface area contributed by atoms with Gasteiger partial charge in [-0.2, -0.15) is 0 Å². The molecule has 25 heavy (non-hydrogen) atoms. The normalized spacial score (nSPS) is 21.0. The van der Waals surface area contributed by atoms with E-state index < -0.39 is 22.9 Å². The molecule has 0 saturated heterocycles. The van der Waals surface area contributed by atoms with Crippen LogP contribution in [0.25, 0.3) is 0 Å². The van der Waals surface area contributed by atoms with Crippen LogP contribution >= 0.6 is 0 Å². The zero-order valence-corrected chi connectivity index (χ0v) is 14.2. The molecular formula is C20H20F3NO. The number of carbonyl (C=O) groups is 1. The first kappa shape index (κ1) is 17.5. The van der Waals surface area contributed by atoms with Crippen LogP contribution in [-0.2, 0) is 16.6 Å². The quantitative estimate of drug-likeness (QED) is 0.866. The van der Waals surface area contributed by atoms with Crippen molar-refractivity contribution in [1.29, 1.82) is 0 Å². The van der Waals surface area contributed by atoms with E-state index in [0.29, 0.717) is 17.5 Å². The Labute approximate surface area is 145 Å². The lowest BCUT2D eigenvalue weighted by Gasteiger charge is -2.22. The lowest BCUT2D eigenvalue weighted by Crippen LogP contribution is -2.36. The molecule has 0 bridgehead atoms. The van der Waals surface area contributed by atoms with Crippen molar-refractivity contribution in [2.24, 2.45) is 5.41 Å². The highest BCUT2D eigenvalue weighted by molar-refractivity contribution is 5.78. The molecule has 3 rings (SSSR count). The van der Waals surface area contributed by atoms with E-state index in [9.17, 15) is 18.0 Å². The van der Waals surface area contributed by atoms with Gasteiger partial charge >= 0.3 is 0 Å². The zero-order chi connectivity index (χ0) is 18.2. The third-order valence-electron chi connectivity index (χ3n) is 5.26. The Morgan fingerprint density at radius 2 is 1.76 bits per heavy atom. The summed E-state index contributed by atoms with van der Waals surface area (Å²) in [6.07, 6.45) is 0.609. The van der Waals surface area contributed by atoms with Gasteiger partial charge in [-0.1, -0.05) is 38.1 Å². The largest absolute Gasteiger partial charge is 0.355 e. The highest BCUT2D eigenvalue weighted by atomic mass is 19.1. The maximum atomic E-state index is 14.3. The minimum absolute atomic E-state index is 0.0743. The van der Waals surface area contributed by atoms with Gasteiger partial charge in [0.05, 0.1) is 6.42 Å². The minimum Gasteiger partial charge on any atom is -0.355 e. The molecule has 5 heteroatoms. The molecule has 1 aliphatic carbocycles. The topological polar surface area (TPSA) is 29.1 Å². The smallest absolute Gasteiger partial charge is 0.224 e. The van der Waals surface area contributed by atoms with Crippen molar-refractivity contribution in [2.45, 2.75) is 32.1 Å². The molecule has 0 heterocycles. The first-order chi connectivity index (χ1) is 11.7. The fourth-order valence-corrected chi connectivity index (χ4v) is 3.57. The second kappa shape index (κ2) is 6.21. The molecule has 2 nitrogen and oxygen atoms in total. The Bertz CT molecular complexity index is 818. The monoisotopic (exact) mass is 347 g/mol. The van der Waals surface area contributed by atoms with Gasteiger partial charge in [-0.25, -0.2) is 13.2 Å². The molecular weight excluding hydrogens is 327 g/mol. The number of nitrogens with one attached hydrogen (secondary N) is 1. The molecule has 1 N–H and O–H groups in total. The van der Waals surface area contributed by atoms with Gasteiger partial charge in [0.2, 0.25) is 5.91 Å². The molecule has 1 unspecified atom stereocenters. The fraction of sp³-hybridized carbons (Fsp3) is 0.350. The van der Waals surface area contributed by atoms with Crippen molar-refractivity contribution in [2.75, 3.05) is 6.54 Å². The van der Waals surface area contributed by atoms with Gasteiger partial charge in [0.25, 0.3) is 0 Å². The Morgan fingerprint density at radius 1 is 1.08 bits per heavy atom. The number of hydrogen-bond acceptors (Lipinski definition) is 1. The van der Waals surface area contributed by atoms with E-state index in [1.807, 2.05) is 13.8 Å². The lowest BCUT2D eigenvalue weighted by molar-refractivity contribution is -0.120. The molecule has 1 fully saturated rings. The molecule has 0 spiro atoms. The molecule has 1 atom stereocenters. The third-order valence-corrected chi connectivity index (χ3v) is 5.26. The molecule has 2 aromatic carbocycles. The standard InChI is InChI=1S/C20H20F3NO/c1-19(2)11-20(19,15-8-7-14(21)10-17(15)23)12-24-18(25)9-13-5-3-4-6-16(13)22/h3-8,10H,9,11-12H2,1-2H3,(H,24,25). The van der Waals surface area contributed by atoms with Crippen molar-refractivity contribution in [3.05, 3.63) is 71.0 Å². The van der Waals surface area contributed by atoms with Crippen LogP contribution in [0, 0.1) is 22.9 Å². The van der Waals surface area contributed by atoms with E-state index in [4.69, 9.17) is 0 Å². The SMILES string of the molecule is CC1(C)CC1(CNC(=O)Cc1ccccc1F)c1ccc(F)cc1F. The second-order valence-corrected chi connectivity index (χ2v) is 7.31. The molecule has 0 aromatic heterocycles. The van der Waals surface area contributed by atoms with Gasteiger partial charge in [-0.3, -0.25) is 4.79 Å². The lowest BCUT2D eigenvalue weighted by atomic mass is 9.87. The first-order valence-corrected chi connectivity index (χ1v) is 8.21. The molecule has 1 amide bonds. The average molecular weight is 347 g/mol. The average Bonchev–Trinajstić information content (AvgIpc) is 3.10. The summed E-state index contributed by atoms with van der Waals surface area (Å²) in [5.41, 5.74) is -0.0609. The molecule has 1 saturated carbocycles. The molecule has 0 radical (unpaired) electrons. The third kappa shape index (κ3) is 3.28. The maximum Gasteiger partial charge on any atom is 0.224 e. The molecule has 1 aliphatic rings. The number of rotatable bonds is 5. The molecule has 132 valence electrons. The summed E-state index contributed by atoms with van der Waals surface area (Å²) in [4.78, 5) is 12.2. The number of benzene rings is 2. The van der Waals surface area contributed by atoms with Gasteiger partial charge in [0.15, 0.2) is 0 Å². The fourth-order valence-electron chi connectivity index (χ4n) is 3.57. The van der Waals surface area contributed by atoms with Crippen LogP contribution in [0.4, 0.5) is 13.2 Å². The van der Waals surface area contributed by atoms with Crippen molar-refractivity contribution in [1.82, 2.24) is 5.32 Å². The Hall–Kier alpha value is -2.30. The number of amides is 1. The van der Waals surface area contributed by atoms with Crippen LogP contribution in [-0.4, -0.2) is 12.5 Å². The Kier molecular flexibility index (Phi) is 4.35. The number of hydrogen-bond donors (Lipinski definition) is 1. The van der Waals surface area contributed by atoms with E-state index in [2.05, 4.69) is 5.32 Å². The van der Waals surface area contributed by atoms with Gasteiger partial charge in [0.1, 0.15) is 17.5 Å². The molecule has 0 aliphatic heterocycles. The summed E-state index contributed by atoms with van der Waals surface area (Å²) in [5.74, 6) is -1.98. The van der Waals surface area contributed by atoms with Crippen molar-refractivity contribution < 1.29 is 18.0 Å². The van der Waals surface area contributed by atoms with E-state index in [-0.39, 0.29) is 24.3 Å². The summed E-state index contributed by atoms with van der Waals surface area (Å²) in [6.45, 7) is 4.20. The predicted octanol–water partition coefficient (Wildman–Crippen LogP) is 4.13. The summed E-state index contributed by atoms with van der Waals surface area (Å²) < 4.78 is 41.1. The van der Waals surface area contributed by atoms with E-state index in [1.165, 1.54) is 18.2 Å².